The Kier molecular flexibility index (Phi) is 7.03. The van der Waals surface area contributed by atoms with Crippen LogP contribution >= 0.6 is 11.3 Å². The first-order valence-electron chi connectivity index (χ1n) is 9.10. The Bertz CT molecular complexity index is 1010. The van der Waals surface area contributed by atoms with Gasteiger partial charge in [-0.1, -0.05) is 18.2 Å². The second-order valence-corrected chi connectivity index (χ2v) is 7.30. The molecule has 6 nitrogen and oxygen atoms in total. The van der Waals surface area contributed by atoms with Crippen LogP contribution in [0.2, 0.25) is 0 Å². The molecular formula is C22H21FN2O4S. The lowest BCUT2D eigenvalue weighted by Gasteiger charge is -2.18. The minimum Gasteiger partial charge on any atom is -0.493 e. The van der Waals surface area contributed by atoms with Crippen molar-refractivity contribution < 1.29 is 23.5 Å². The number of halogens is 1. The van der Waals surface area contributed by atoms with Gasteiger partial charge in [0.05, 0.1) is 26.8 Å². The number of hydrogen-bond acceptors (Lipinski definition) is 5. The van der Waals surface area contributed by atoms with Crippen molar-refractivity contribution in [2.24, 2.45) is 0 Å². The predicted molar refractivity (Wildman–Crippen MR) is 113 cm³/mol. The summed E-state index contributed by atoms with van der Waals surface area (Å²) in [7, 11) is 2.99. The van der Waals surface area contributed by atoms with Crippen LogP contribution in [0, 0.1) is 5.82 Å². The number of benzene rings is 2. The molecule has 0 spiro atoms. The molecular weight excluding hydrogens is 407 g/mol. The van der Waals surface area contributed by atoms with Gasteiger partial charge in [0, 0.05) is 10.4 Å². The molecule has 30 heavy (non-hydrogen) atoms. The Morgan fingerprint density at radius 1 is 1.03 bits per heavy atom. The maximum absolute atomic E-state index is 13.3. The largest absolute Gasteiger partial charge is 0.493 e. The Labute approximate surface area is 177 Å². The molecule has 3 rings (SSSR count). The fourth-order valence-electron chi connectivity index (χ4n) is 2.88. The molecule has 1 heterocycles. The molecule has 156 valence electrons. The molecule has 0 aliphatic heterocycles. The molecule has 2 aromatic carbocycles. The third-order valence-corrected chi connectivity index (χ3v) is 5.33. The van der Waals surface area contributed by atoms with Crippen molar-refractivity contribution in [2.75, 3.05) is 20.8 Å². The zero-order valence-electron chi connectivity index (χ0n) is 16.5. The van der Waals surface area contributed by atoms with E-state index in [-0.39, 0.29) is 18.3 Å². The Morgan fingerprint density at radius 2 is 1.77 bits per heavy atom. The van der Waals surface area contributed by atoms with Gasteiger partial charge < -0.3 is 20.1 Å². The van der Waals surface area contributed by atoms with E-state index in [9.17, 15) is 14.0 Å². The first-order valence-corrected chi connectivity index (χ1v) is 9.98. The van der Waals surface area contributed by atoms with Gasteiger partial charge in [-0.25, -0.2) is 4.39 Å². The molecule has 0 unspecified atom stereocenters. The van der Waals surface area contributed by atoms with Crippen LogP contribution in [0.25, 0.3) is 0 Å². The summed E-state index contributed by atoms with van der Waals surface area (Å²) in [4.78, 5) is 25.8. The summed E-state index contributed by atoms with van der Waals surface area (Å²) in [6.07, 6.45) is 0. The molecule has 0 fully saturated rings. The number of ether oxygens (including phenoxy) is 2. The van der Waals surface area contributed by atoms with E-state index < -0.39 is 11.9 Å². The summed E-state index contributed by atoms with van der Waals surface area (Å²) < 4.78 is 23.6. The van der Waals surface area contributed by atoms with Crippen molar-refractivity contribution in [2.45, 2.75) is 6.04 Å². The van der Waals surface area contributed by atoms with E-state index in [0.717, 1.165) is 10.4 Å². The topological polar surface area (TPSA) is 76.7 Å². The zero-order valence-corrected chi connectivity index (χ0v) is 17.3. The van der Waals surface area contributed by atoms with Gasteiger partial charge in [-0.3, -0.25) is 9.59 Å². The van der Waals surface area contributed by atoms with Crippen LogP contribution in [-0.2, 0) is 4.79 Å². The van der Waals surface area contributed by atoms with Crippen LogP contribution in [-0.4, -0.2) is 32.6 Å². The van der Waals surface area contributed by atoms with Crippen molar-refractivity contribution in [3.63, 3.8) is 0 Å². The highest BCUT2D eigenvalue weighted by molar-refractivity contribution is 7.10. The molecule has 2 N–H and O–H groups in total. The molecule has 1 aromatic heterocycles. The third-order valence-electron chi connectivity index (χ3n) is 4.39. The molecule has 1 atom stereocenters. The second-order valence-electron chi connectivity index (χ2n) is 6.32. The predicted octanol–water partition coefficient (Wildman–Crippen LogP) is 3.54. The van der Waals surface area contributed by atoms with Crippen molar-refractivity contribution >= 4 is 23.2 Å². The molecule has 8 heteroatoms. The van der Waals surface area contributed by atoms with E-state index in [1.165, 1.54) is 37.7 Å². The van der Waals surface area contributed by atoms with Crippen LogP contribution < -0.4 is 20.1 Å². The lowest BCUT2D eigenvalue weighted by molar-refractivity contribution is -0.120. The number of nitrogens with one attached hydrogen (secondary N) is 2. The molecule has 0 saturated carbocycles. The zero-order chi connectivity index (χ0) is 21.5. The van der Waals surface area contributed by atoms with Gasteiger partial charge in [0.15, 0.2) is 11.5 Å². The third kappa shape index (κ3) is 5.15. The maximum Gasteiger partial charge on any atom is 0.251 e. The molecule has 0 aliphatic rings. The Morgan fingerprint density at radius 3 is 2.40 bits per heavy atom. The standard InChI is InChI=1S/C22H21FN2O4S/c1-28-17-10-7-15(12-18(17)29-2)22(27)24-13-20(26)25-21(19-4-3-11-30-19)14-5-8-16(23)9-6-14/h3-12,21H,13H2,1-2H3,(H,24,27)(H,25,26)/t21-/m0/s1. The first kappa shape index (κ1) is 21.3. The average molecular weight is 428 g/mol. The Hall–Kier alpha value is -3.39. The first-order chi connectivity index (χ1) is 14.5. The summed E-state index contributed by atoms with van der Waals surface area (Å²) in [5, 5.41) is 7.39. The molecule has 0 saturated heterocycles. The quantitative estimate of drug-likeness (QED) is 0.575. The highest BCUT2D eigenvalue weighted by Gasteiger charge is 2.19. The van der Waals surface area contributed by atoms with Crippen LogP contribution in [0.5, 0.6) is 11.5 Å². The van der Waals surface area contributed by atoms with Gasteiger partial charge >= 0.3 is 0 Å². The van der Waals surface area contributed by atoms with Crippen molar-refractivity contribution in [3.05, 3.63) is 81.8 Å². The van der Waals surface area contributed by atoms with E-state index in [1.54, 1.807) is 30.3 Å². The van der Waals surface area contributed by atoms with E-state index in [2.05, 4.69) is 10.6 Å². The highest BCUT2D eigenvalue weighted by atomic mass is 32.1. The average Bonchev–Trinajstić information content (AvgIpc) is 3.30. The second kappa shape index (κ2) is 9.89. The van der Waals surface area contributed by atoms with E-state index >= 15 is 0 Å². The fraction of sp³-hybridized carbons (Fsp3) is 0.182. The Balaban J connectivity index is 1.66. The van der Waals surface area contributed by atoms with Crippen molar-refractivity contribution in [1.29, 1.82) is 0 Å². The van der Waals surface area contributed by atoms with Crippen molar-refractivity contribution in [3.8, 4) is 11.5 Å². The summed E-state index contributed by atoms with van der Waals surface area (Å²) >= 11 is 1.48. The number of carbonyl (C=O) groups is 2. The lowest BCUT2D eigenvalue weighted by Crippen LogP contribution is -2.38. The maximum atomic E-state index is 13.3. The van der Waals surface area contributed by atoms with Crippen LogP contribution in [0.3, 0.4) is 0 Å². The number of methoxy groups -OCH3 is 2. The van der Waals surface area contributed by atoms with Crippen molar-refractivity contribution in [1.82, 2.24) is 10.6 Å². The van der Waals surface area contributed by atoms with Gasteiger partial charge in [-0.15, -0.1) is 11.3 Å². The van der Waals surface area contributed by atoms with E-state index in [0.29, 0.717) is 17.1 Å². The minimum atomic E-state index is -0.434. The lowest BCUT2D eigenvalue weighted by atomic mass is 10.1. The van der Waals surface area contributed by atoms with Gasteiger partial charge in [-0.05, 0) is 47.3 Å². The summed E-state index contributed by atoms with van der Waals surface area (Å²) in [5.74, 6) is -0.210. The van der Waals surface area contributed by atoms with Crippen LogP contribution in [0.4, 0.5) is 4.39 Å². The number of rotatable bonds is 8. The number of hydrogen-bond donors (Lipinski definition) is 2. The molecule has 3 aromatic rings. The van der Waals surface area contributed by atoms with Gasteiger partial charge in [-0.2, -0.15) is 0 Å². The SMILES string of the molecule is COc1ccc(C(=O)NCC(=O)N[C@@H](c2ccc(F)cc2)c2cccs2)cc1OC. The van der Waals surface area contributed by atoms with Crippen LogP contribution in [0.15, 0.2) is 60.0 Å². The normalized spacial score (nSPS) is 11.4. The highest BCUT2D eigenvalue weighted by Crippen LogP contribution is 2.28. The van der Waals surface area contributed by atoms with E-state index in [4.69, 9.17) is 9.47 Å². The smallest absolute Gasteiger partial charge is 0.251 e. The fourth-order valence-corrected chi connectivity index (χ4v) is 3.68. The molecule has 2 amide bonds. The monoisotopic (exact) mass is 428 g/mol. The van der Waals surface area contributed by atoms with E-state index in [1.807, 2.05) is 17.5 Å². The minimum absolute atomic E-state index is 0.212. The number of amides is 2. The summed E-state index contributed by atoms with van der Waals surface area (Å²) in [6.45, 7) is -0.212. The van der Waals surface area contributed by atoms with Gasteiger partial charge in [0.25, 0.3) is 5.91 Å². The number of thiophene rings is 1. The molecule has 0 bridgehead atoms. The number of carbonyl (C=O) groups excluding carboxylic acids is 2. The van der Waals surface area contributed by atoms with Gasteiger partial charge in [0.1, 0.15) is 5.82 Å². The molecule has 0 aliphatic carbocycles. The summed E-state index contributed by atoms with van der Waals surface area (Å²) in [5.41, 5.74) is 1.09. The summed E-state index contributed by atoms with van der Waals surface area (Å²) in [6, 6.07) is 14.0. The van der Waals surface area contributed by atoms with Crippen LogP contribution in [0.1, 0.15) is 26.8 Å². The molecule has 0 radical (unpaired) electrons. The van der Waals surface area contributed by atoms with Gasteiger partial charge in [0.2, 0.25) is 5.91 Å².